The number of benzene rings is 2. The lowest BCUT2D eigenvalue weighted by molar-refractivity contribution is 0.366. The molecule has 0 radical (unpaired) electrons. The van der Waals surface area contributed by atoms with Gasteiger partial charge in [0.1, 0.15) is 0 Å². The summed E-state index contributed by atoms with van der Waals surface area (Å²) in [5.41, 5.74) is 6.05. The van der Waals surface area contributed by atoms with Crippen LogP contribution in [0.2, 0.25) is 0 Å². The maximum atomic E-state index is 10.6. The highest BCUT2D eigenvalue weighted by molar-refractivity contribution is 5.81. The zero-order chi connectivity index (χ0) is 16.8. The SMILES string of the molecule is COc1cccc(C2Nc3c(C)cccc3-c3cc(C)nn32)c1O. The van der Waals surface area contributed by atoms with Crippen LogP contribution in [0.4, 0.5) is 5.69 Å². The predicted octanol–water partition coefficient (Wildman–Crippen LogP) is 3.85. The minimum absolute atomic E-state index is 0.133. The molecule has 1 aliphatic heterocycles. The zero-order valence-corrected chi connectivity index (χ0v) is 13.9. The van der Waals surface area contributed by atoms with Gasteiger partial charge in [-0.1, -0.05) is 30.3 Å². The van der Waals surface area contributed by atoms with Crippen molar-refractivity contribution >= 4 is 5.69 Å². The number of hydrogen-bond donors (Lipinski definition) is 2. The van der Waals surface area contributed by atoms with Crippen LogP contribution in [-0.4, -0.2) is 22.0 Å². The van der Waals surface area contributed by atoms with Crippen LogP contribution in [-0.2, 0) is 0 Å². The van der Waals surface area contributed by atoms with Crippen molar-refractivity contribution in [1.29, 1.82) is 0 Å². The maximum Gasteiger partial charge on any atom is 0.164 e. The largest absolute Gasteiger partial charge is 0.504 e. The van der Waals surface area contributed by atoms with E-state index in [4.69, 9.17) is 4.74 Å². The number of fused-ring (bicyclic) bond motifs is 3. The smallest absolute Gasteiger partial charge is 0.164 e. The molecule has 5 heteroatoms. The first-order valence-corrected chi connectivity index (χ1v) is 7.88. The Bertz CT molecular complexity index is 930. The quantitative estimate of drug-likeness (QED) is 0.752. The van der Waals surface area contributed by atoms with Crippen molar-refractivity contribution in [1.82, 2.24) is 9.78 Å². The summed E-state index contributed by atoms with van der Waals surface area (Å²) in [4.78, 5) is 0. The number of phenolic OH excluding ortho intramolecular Hbond substituents is 1. The molecule has 0 saturated carbocycles. The molecule has 1 aromatic heterocycles. The van der Waals surface area contributed by atoms with Gasteiger partial charge in [0.2, 0.25) is 0 Å². The summed E-state index contributed by atoms with van der Waals surface area (Å²) in [6, 6.07) is 13.8. The first-order chi connectivity index (χ1) is 11.6. The Balaban J connectivity index is 1.94. The average Bonchev–Trinajstić information content (AvgIpc) is 2.97. The van der Waals surface area contributed by atoms with E-state index in [0.29, 0.717) is 5.75 Å². The number of phenols is 1. The first-order valence-electron chi connectivity index (χ1n) is 7.88. The lowest BCUT2D eigenvalue weighted by Gasteiger charge is -2.30. The number of aromatic hydroxyl groups is 1. The van der Waals surface area contributed by atoms with Gasteiger partial charge in [0.05, 0.1) is 18.5 Å². The highest BCUT2D eigenvalue weighted by atomic mass is 16.5. The Hall–Kier alpha value is -2.95. The molecular weight excluding hydrogens is 302 g/mol. The summed E-state index contributed by atoms with van der Waals surface area (Å²) in [6.45, 7) is 4.05. The molecule has 0 aliphatic carbocycles. The van der Waals surface area contributed by atoms with Crippen LogP contribution in [0, 0.1) is 13.8 Å². The summed E-state index contributed by atoms with van der Waals surface area (Å²) in [7, 11) is 1.55. The standard InChI is InChI=1S/C19H19N3O2/c1-11-6-4-7-13-15-10-12(2)21-22(15)19(20-17(11)13)14-8-5-9-16(24-3)18(14)23/h4-10,19-20,23H,1-3H3. The zero-order valence-electron chi connectivity index (χ0n) is 13.9. The highest BCUT2D eigenvalue weighted by Crippen LogP contribution is 2.43. The number of aromatic nitrogens is 2. The fraction of sp³-hybridized carbons (Fsp3) is 0.211. The van der Waals surface area contributed by atoms with Crippen molar-refractivity contribution < 1.29 is 9.84 Å². The van der Waals surface area contributed by atoms with Gasteiger partial charge in [0.25, 0.3) is 0 Å². The molecule has 1 aliphatic rings. The Labute approximate surface area is 140 Å². The van der Waals surface area contributed by atoms with Crippen molar-refractivity contribution in [3.05, 3.63) is 59.3 Å². The summed E-state index contributed by atoms with van der Waals surface area (Å²) < 4.78 is 7.18. The van der Waals surface area contributed by atoms with Gasteiger partial charge in [-0.25, -0.2) is 4.68 Å². The number of aryl methyl sites for hydroxylation is 2. The van der Waals surface area contributed by atoms with E-state index < -0.39 is 0 Å². The van der Waals surface area contributed by atoms with E-state index in [1.807, 2.05) is 29.8 Å². The van der Waals surface area contributed by atoms with Gasteiger partial charge in [-0.05, 0) is 31.5 Å². The third-order valence-electron chi connectivity index (χ3n) is 4.48. The summed E-state index contributed by atoms with van der Waals surface area (Å²) in [5.74, 6) is 0.587. The third kappa shape index (κ3) is 2.05. The van der Waals surface area contributed by atoms with E-state index in [2.05, 4.69) is 35.5 Å². The molecule has 1 unspecified atom stereocenters. The summed E-state index contributed by atoms with van der Waals surface area (Å²) >= 11 is 0. The van der Waals surface area contributed by atoms with Crippen LogP contribution in [0.15, 0.2) is 42.5 Å². The minimum atomic E-state index is -0.294. The molecule has 2 N–H and O–H groups in total. The number of anilines is 1. The van der Waals surface area contributed by atoms with Crippen LogP contribution in [0.1, 0.15) is 23.0 Å². The van der Waals surface area contributed by atoms with E-state index in [1.165, 1.54) is 0 Å². The summed E-state index contributed by atoms with van der Waals surface area (Å²) in [6.07, 6.45) is -0.294. The monoisotopic (exact) mass is 321 g/mol. The fourth-order valence-corrected chi connectivity index (χ4v) is 3.32. The van der Waals surface area contributed by atoms with Crippen molar-refractivity contribution in [2.45, 2.75) is 20.0 Å². The fourth-order valence-electron chi connectivity index (χ4n) is 3.32. The molecule has 24 heavy (non-hydrogen) atoms. The number of methoxy groups -OCH3 is 1. The lowest BCUT2D eigenvalue weighted by Crippen LogP contribution is -2.26. The molecule has 122 valence electrons. The van der Waals surface area contributed by atoms with Crippen LogP contribution >= 0.6 is 0 Å². The minimum Gasteiger partial charge on any atom is -0.504 e. The number of para-hydroxylation sites is 2. The van der Waals surface area contributed by atoms with Gasteiger partial charge in [0, 0.05) is 16.8 Å². The Kier molecular flexibility index (Phi) is 3.23. The van der Waals surface area contributed by atoms with Gasteiger partial charge in [0.15, 0.2) is 17.7 Å². The third-order valence-corrected chi connectivity index (χ3v) is 4.48. The topological polar surface area (TPSA) is 59.3 Å². The molecule has 0 spiro atoms. The Morgan fingerprint density at radius 1 is 1.17 bits per heavy atom. The first kappa shape index (κ1) is 14.6. The second kappa shape index (κ2) is 5.30. The van der Waals surface area contributed by atoms with E-state index in [9.17, 15) is 5.11 Å². The molecule has 1 atom stereocenters. The molecule has 4 rings (SSSR count). The number of nitrogens with zero attached hydrogens (tertiary/aromatic N) is 2. The number of nitrogens with one attached hydrogen (secondary N) is 1. The van der Waals surface area contributed by atoms with E-state index in [1.54, 1.807) is 13.2 Å². The molecule has 0 amide bonds. The van der Waals surface area contributed by atoms with Crippen LogP contribution in [0.3, 0.4) is 0 Å². The molecule has 5 nitrogen and oxygen atoms in total. The molecule has 2 heterocycles. The predicted molar refractivity (Wildman–Crippen MR) is 93.6 cm³/mol. The van der Waals surface area contributed by atoms with Gasteiger partial charge < -0.3 is 15.2 Å². The van der Waals surface area contributed by atoms with Gasteiger partial charge in [-0.15, -0.1) is 0 Å². The highest BCUT2D eigenvalue weighted by Gasteiger charge is 2.29. The second-order valence-corrected chi connectivity index (χ2v) is 6.06. The number of hydrogen-bond acceptors (Lipinski definition) is 4. The van der Waals surface area contributed by atoms with Gasteiger partial charge in [-0.2, -0.15) is 5.10 Å². The van der Waals surface area contributed by atoms with E-state index in [-0.39, 0.29) is 11.9 Å². The maximum absolute atomic E-state index is 10.6. The number of ether oxygens (including phenoxy) is 1. The lowest BCUT2D eigenvalue weighted by atomic mass is 10.00. The molecular formula is C19H19N3O2. The Morgan fingerprint density at radius 3 is 2.75 bits per heavy atom. The van der Waals surface area contributed by atoms with Crippen LogP contribution < -0.4 is 10.1 Å². The molecule has 0 saturated heterocycles. The molecule has 0 bridgehead atoms. The number of rotatable bonds is 2. The van der Waals surface area contributed by atoms with Crippen molar-refractivity contribution in [2.75, 3.05) is 12.4 Å². The van der Waals surface area contributed by atoms with Crippen molar-refractivity contribution in [2.24, 2.45) is 0 Å². The summed E-state index contributed by atoms with van der Waals surface area (Å²) in [5, 5.41) is 18.7. The second-order valence-electron chi connectivity index (χ2n) is 6.06. The van der Waals surface area contributed by atoms with E-state index >= 15 is 0 Å². The van der Waals surface area contributed by atoms with Crippen LogP contribution in [0.25, 0.3) is 11.3 Å². The molecule has 3 aromatic rings. The van der Waals surface area contributed by atoms with Crippen LogP contribution in [0.5, 0.6) is 11.5 Å². The normalized spacial score (nSPS) is 15.4. The van der Waals surface area contributed by atoms with Gasteiger partial charge in [-0.3, -0.25) is 0 Å². The van der Waals surface area contributed by atoms with Gasteiger partial charge >= 0.3 is 0 Å². The molecule has 0 fully saturated rings. The van der Waals surface area contributed by atoms with E-state index in [0.717, 1.165) is 33.8 Å². The Morgan fingerprint density at radius 2 is 1.96 bits per heavy atom. The average molecular weight is 321 g/mol. The van der Waals surface area contributed by atoms with Crippen molar-refractivity contribution in [3.8, 4) is 22.8 Å². The van der Waals surface area contributed by atoms with Crippen molar-refractivity contribution in [3.63, 3.8) is 0 Å². The molecule has 2 aromatic carbocycles.